The zero-order valence-corrected chi connectivity index (χ0v) is 35.4. The summed E-state index contributed by atoms with van der Waals surface area (Å²) in [6.07, 6.45) is 0. The van der Waals surface area contributed by atoms with E-state index in [0.29, 0.717) is 0 Å². The zero-order valence-electron chi connectivity index (χ0n) is 34.4. The van der Waals surface area contributed by atoms with Crippen molar-refractivity contribution in [3.8, 4) is 44.5 Å². The van der Waals surface area contributed by atoms with E-state index in [-0.39, 0.29) is 0 Å². The minimum atomic E-state index is -2.59. The molecule has 0 heterocycles. The highest BCUT2D eigenvalue weighted by Crippen LogP contribution is 2.39. The number of nitrogens with zero attached hydrogens (tertiary/aromatic N) is 1. The van der Waals surface area contributed by atoms with E-state index in [1.54, 1.807) is 0 Å². The third kappa shape index (κ3) is 7.49. The normalized spacial score (nSPS) is 11.2. The summed E-state index contributed by atoms with van der Waals surface area (Å²) in [6.45, 7) is 0. The second-order valence-electron chi connectivity index (χ2n) is 15.7. The molecule has 0 N–H and O–H groups in total. The van der Waals surface area contributed by atoms with Crippen LogP contribution in [-0.2, 0) is 0 Å². The minimum Gasteiger partial charge on any atom is -0.311 e. The largest absolute Gasteiger partial charge is 0.311 e. The molecule has 0 radical (unpaired) electrons. The number of rotatable bonds is 11. The fourth-order valence-corrected chi connectivity index (χ4v) is 13.8. The Hall–Kier alpha value is -7.78. The zero-order chi connectivity index (χ0) is 41.6. The van der Waals surface area contributed by atoms with Crippen LogP contribution in [-0.4, -0.2) is 8.07 Å². The van der Waals surface area contributed by atoms with E-state index in [9.17, 15) is 0 Å². The molecule has 0 bridgehead atoms. The number of benzene rings is 10. The van der Waals surface area contributed by atoms with Crippen molar-refractivity contribution in [3.05, 3.63) is 273 Å². The molecule has 2 heteroatoms. The summed E-state index contributed by atoms with van der Waals surface area (Å²) < 4.78 is 0. The van der Waals surface area contributed by atoms with Gasteiger partial charge < -0.3 is 4.90 Å². The van der Waals surface area contributed by atoms with Crippen molar-refractivity contribution in [3.63, 3.8) is 0 Å². The van der Waals surface area contributed by atoms with Gasteiger partial charge in [0.2, 0.25) is 0 Å². The van der Waals surface area contributed by atoms with Gasteiger partial charge >= 0.3 is 0 Å². The Kier molecular flexibility index (Phi) is 10.8. The molecule has 0 aromatic heterocycles. The Bertz CT molecular complexity index is 2890. The molecule has 0 spiro atoms. The lowest BCUT2D eigenvalue weighted by Crippen LogP contribution is -2.74. The van der Waals surface area contributed by atoms with Crippen molar-refractivity contribution in [2.75, 3.05) is 4.90 Å². The molecule has 0 fully saturated rings. The molecule has 10 aromatic carbocycles. The number of para-hydroxylation sites is 1. The molecule has 10 rings (SSSR count). The summed E-state index contributed by atoms with van der Waals surface area (Å²) in [5.74, 6) is 0. The first-order chi connectivity index (χ1) is 30.8. The Labute approximate surface area is 366 Å². The summed E-state index contributed by atoms with van der Waals surface area (Å²) in [5, 5.41) is 5.49. The van der Waals surface area contributed by atoms with Gasteiger partial charge in [-0.2, -0.15) is 0 Å². The first kappa shape index (κ1) is 38.4. The van der Waals surface area contributed by atoms with Crippen molar-refractivity contribution in [1.29, 1.82) is 0 Å². The molecule has 0 unspecified atom stereocenters. The fraction of sp³-hybridized carbons (Fsp3) is 0. The quantitative estimate of drug-likeness (QED) is 0.0929. The second kappa shape index (κ2) is 17.4. The highest BCUT2D eigenvalue weighted by atomic mass is 28.3. The van der Waals surface area contributed by atoms with Gasteiger partial charge in [0.1, 0.15) is 0 Å². The lowest BCUT2D eigenvalue weighted by Gasteiger charge is -2.34. The molecule has 294 valence electrons. The maximum absolute atomic E-state index is 2.59. The summed E-state index contributed by atoms with van der Waals surface area (Å²) in [6, 6.07) is 99.5. The molecular weight excluding hydrogens is 763 g/mol. The van der Waals surface area contributed by atoms with Gasteiger partial charge in [-0.1, -0.05) is 231 Å². The molecule has 0 aliphatic carbocycles. The molecule has 62 heavy (non-hydrogen) atoms. The standard InChI is InChI=1S/C60H45NSi/c1-7-19-49(20-8-1)59-44-37-51(45-60(59)50-21-9-2-10-22-50)48-33-40-54(41-34-48)61(52-23-11-3-12-24-52)53-38-31-46(32-39-53)47-35-42-58(43-36-47)62(55-25-13-4-14-26-55,56-27-15-5-16-28-56)57-29-17-6-18-30-57/h1-45H. The van der Waals surface area contributed by atoms with E-state index in [1.807, 2.05) is 0 Å². The minimum absolute atomic E-state index is 1.10. The van der Waals surface area contributed by atoms with E-state index < -0.39 is 8.07 Å². The maximum Gasteiger partial charge on any atom is 0.179 e. The molecule has 0 saturated carbocycles. The smallest absolute Gasteiger partial charge is 0.179 e. The van der Waals surface area contributed by atoms with E-state index >= 15 is 0 Å². The molecule has 0 aliphatic heterocycles. The van der Waals surface area contributed by atoms with Gasteiger partial charge in [-0.05, 0) is 108 Å². The van der Waals surface area contributed by atoms with Gasteiger partial charge in [-0.15, -0.1) is 0 Å². The topological polar surface area (TPSA) is 3.24 Å². The average Bonchev–Trinajstić information content (AvgIpc) is 3.37. The number of hydrogen-bond donors (Lipinski definition) is 0. The molecule has 0 aliphatic rings. The van der Waals surface area contributed by atoms with Crippen LogP contribution >= 0.6 is 0 Å². The summed E-state index contributed by atoms with van der Waals surface area (Å²) >= 11 is 0. The Balaban J connectivity index is 0.979. The molecule has 0 amide bonds. The predicted molar refractivity (Wildman–Crippen MR) is 266 cm³/mol. The van der Waals surface area contributed by atoms with Crippen LogP contribution in [0.25, 0.3) is 44.5 Å². The van der Waals surface area contributed by atoms with E-state index in [2.05, 4.69) is 278 Å². The van der Waals surface area contributed by atoms with Crippen molar-refractivity contribution in [2.24, 2.45) is 0 Å². The maximum atomic E-state index is 2.37. The second-order valence-corrected chi connectivity index (χ2v) is 19.5. The first-order valence-electron chi connectivity index (χ1n) is 21.3. The van der Waals surface area contributed by atoms with Gasteiger partial charge in [0, 0.05) is 17.1 Å². The summed E-state index contributed by atoms with van der Waals surface area (Å²) in [5.41, 5.74) is 12.9. The van der Waals surface area contributed by atoms with Gasteiger partial charge in [-0.3, -0.25) is 0 Å². The van der Waals surface area contributed by atoms with Gasteiger partial charge in [0.15, 0.2) is 8.07 Å². The Morgan fingerprint density at radius 2 is 0.516 bits per heavy atom. The SMILES string of the molecule is c1ccc(-c2ccc(-c3ccc(N(c4ccccc4)c4ccc(-c5ccc([Si](c6ccccc6)(c6ccccc6)c6ccccc6)cc5)cc4)cc3)cc2-c2ccccc2)cc1. The van der Waals surface area contributed by atoms with Crippen LogP contribution < -0.4 is 25.6 Å². The Morgan fingerprint density at radius 1 is 0.210 bits per heavy atom. The van der Waals surface area contributed by atoms with Gasteiger partial charge in [0.05, 0.1) is 0 Å². The predicted octanol–water partition coefficient (Wildman–Crippen LogP) is 13.2. The van der Waals surface area contributed by atoms with Crippen LogP contribution in [0.1, 0.15) is 0 Å². The van der Waals surface area contributed by atoms with E-state index in [1.165, 1.54) is 65.3 Å². The van der Waals surface area contributed by atoms with Crippen LogP contribution in [0.4, 0.5) is 17.1 Å². The average molecular weight is 808 g/mol. The first-order valence-corrected chi connectivity index (χ1v) is 23.3. The summed E-state index contributed by atoms with van der Waals surface area (Å²) in [4.78, 5) is 2.34. The third-order valence-corrected chi connectivity index (χ3v) is 16.9. The lowest BCUT2D eigenvalue weighted by atomic mass is 9.91. The molecule has 0 saturated heterocycles. The van der Waals surface area contributed by atoms with Gasteiger partial charge in [0.25, 0.3) is 0 Å². The lowest BCUT2D eigenvalue weighted by molar-refractivity contribution is 1.28. The van der Waals surface area contributed by atoms with E-state index in [0.717, 1.165) is 17.1 Å². The van der Waals surface area contributed by atoms with Crippen molar-refractivity contribution in [1.82, 2.24) is 0 Å². The highest BCUT2D eigenvalue weighted by molar-refractivity contribution is 7.19. The number of anilines is 3. The molecule has 10 aromatic rings. The van der Waals surface area contributed by atoms with Crippen LogP contribution in [0.5, 0.6) is 0 Å². The van der Waals surface area contributed by atoms with Crippen LogP contribution in [0.3, 0.4) is 0 Å². The number of hydrogen-bond acceptors (Lipinski definition) is 1. The van der Waals surface area contributed by atoms with Crippen molar-refractivity contribution in [2.45, 2.75) is 0 Å². The fourth-order valence-electron chi connectivity index (χ4n) is 9.06. The van der Waals surface area contributed by atoms with E-state index in [4.69, 9.17) is 0 Å². The summed E-state index contributed by atoms with van der Waals surface area (Å²) in [7, 11) is -2.59. The van der Waals surface area contributed by atoms with Crippen LogP contribution in [0.2, 0.25) is 0 Å². The van der Waals surface area contributed by atoms with Crippen LogP contribution in [0.15, 0.2) is 273 Å². The highest BCUT2D eigenvalue weighted by Gasteiger charge is 2.41. The van der Waals surface area contributed by atoms with Crippen molar-refractivity contribution < 1.29 is 0 Å². The van der Waals surface area contributed by atoms with Crippen molar-refractivity contribution >= 4 is 45.9 Å². The third-order valence-electron chi connectivity index (χ3n) is 12.1. The molecule has 1 nitrogen and oxygen atoms in total. The molecular formula is C60H45NSi. The Morgan fingerprint density at radius 3 is 0.952 bits per heavy atom. The van der Waals surface area contributed by atoms with Gasteiger partial charge in [-0.25, -0.2) is 0 Å². The van der Waals surface area contributed by atoms with Crippen LogP contribution in [0, 0.1) is 0 Å². The molecule has 0 atom stereocenters. The monoisotopic (exact) mass is 807 g/mol.